The molecule has 2 aromatic heterocycles. The lowest BCUT2D eigenvalue weighted by molar-refractivity contribution is -0.113. The van der Waals surface area contributed by atoms with Crippen molar-refractivity contribution in [3.8, 4) is 5.88 Å². The smallest absolute Gasteiger partial charge is 0.362 e. The van der Waals surface area contributed by atoms with Crippen molar-refractivity contribution < 1.29 is 13.6 Å². The molecule has 4 aromatic rings. The molecule has 0 unspecified atom stereocenters. The van der Waals surface area contributed by atoms with Gasteiger partial charge in [-0.05, 0) is 40.2 Å². The summed E-state index contributed by atoms with van der Waals surface area (Å²) in [4.78, 5) is 30.2. The first-order valence-corrected chi connectivity index (χ1v) is 11.9. The van der Waals surface area contributed by atoms with Crippen LogP contribution in [0.4, 0.5) is 6.01 Å². The molecule has 8 nitrogen and oxygen atoms in total. The lowest BCUT2D eigenvalue weighted by Crippen LogP contribution is -2.38. The number of carbonyl (C=O) groups excluding carboxylic acids is 1. The normalized spacial score (nSPS) is 15.4. The molecule has 5 rings (SSSR count). The van der Waals surface area contributed by atoms with Gasteiger partial charge in [0.15, 0.2) is 0 Å². The second kappa shape index (κ2) is 8.71. The van der Waals surface area contributed by atoms with Gasteiger partial charge in [-0.25, -0.2) is 9.36 Å². The standard InChI is InChI=1S/C28H28N4O4/c1-14(2)17-7-5-16(6-8-17)13-20-27(34)35-25-22(24(29)33)21(19-11-9-18(10-12-19)15(3)4)23-26(32(20)25)36-28(30)31-23/h5-15,21H,1-4H3,(H2,29,33)(H2,30,31)/b20-13+/t21-/m1/s1. The largest absolute Gasteiger partial charge is 0.406 e. The predicted molar refractivity (Wildman–Crippen MR) is 137 cm³/mol. The fraction of sp³-hybridized carbons (Fsp3) is 0.250. The minimum Gasteiger partial charge on any atom is -0.406 e. The van der Waals surface area contributed by atoms with Crippen LogP contribution in [0.5, 0.6) is 0 Å². The van der Waals surface area contributed by atoms with E-state index in [-0.39, 0.29) is 28.4 Å². The molecule has 1 aliphatic heterocycles. The van der Waals surface area contributed by atoms with Gasteiger partial charge in [0.05, 0.1) is 11.5 Å². The van der Waals surface area contributed by atoms with Crippen molar-refractivity contribution in [2.24, 2.45) is 5.73 Å². The summed E-state index contributed by atoms with van der Waals surface area (Å²) in [6, 6.07) is 15.6. The summed E-state index contributed by atoms with van der Waals surface area (Å²) in [6.07, 6.45) is 1.68. The molecule has 0 aliphatic carbocycles. The lowest BCUT2D eigenvalue weighted by Gasteiger charge is -2.21. The van der Waals surface area contributed by atoms with Crippen molar-refractivity contribution in [1.29, 1.82) is 0 Å². The van der Waals surface area contributed by atoms with Gasteiger partial charge in [0.2, 0.25) is 11.4 Å². The molecular weight excluding hydrogens is 456 g/mol. The summed E-state index contributed by atoms with van der Waals surface area (Å²) in [5, 5.41) is 0.173. The Balaban J connectivity index is 1.79. The van der Waals surface area contributed by atoms with Gasteiger partial charge >= 0.3 is 5.63 Å². The first kappa shape index (κ1) is 23.4. The highest BCUT2D eigenvalue weighted by Crippen LogP contribution is 2.38. The zero-order valence-corrected chi connectivity index (χ0v) is 20.6. The highest BCUT2D eigenvalue weighted by atomic mass is 16.4. The third-order valence-corrected chi connectivity index (χ3v) is 6.60. The van der Waals surface area contributed by atoms with Crippen LogP contribution >= 0.6 is 0 Å². The second-order valence-electron chi connectivity index (χ2n) is 9.66. The fourth-order valence-electron chi connectivity index (χ4n) is 4.62. The van der Waals surface area contributed by atoms with E-state index in [2.05, 4.69) is 32.7 Å². The Labute approximate surface area is 207 Å². The number of rotatable bonds is 5. The molecule has 1 aliphatic rings. The second-order valence-corrected chi connectivity index (χ2v) is 9.66. The Hall–Kier alpha value is -4.33. The van der Waals surface area contributed by atoms with Gasteiger partial charge in [-0.2, -0.15) is 4.98 Å². The number of carbonyl (C=O) groups is 1. The van der Waals surface area contributed by atoms with Crippen molar-refractivity contribution in [3.05, 3.63) is 97.8 Å². The Morgan fingerprint density at radius 3 is 2.11 bits per heavy atom. The Bertz CT molecular complexity index is 1640. The fourth-order valence-corrected chi connectivity index (χ4v) is 4.62. The van der Waals surface area contributed by atoms with E-state index >= 15 is 0 Å². The molecule has 0 radical (unpaired) electrons. The van der Waals surface area contributed by atoms with Crippen LogP contribution < -0.4 is 28.0 Å². The molecule has 0 bridgehead atoms. The third kappa shape index (κ3) is 3.84. The molecule has 184 valence electrons. The van der Waals surface area contributed by atoms with Crippen LogP contribution in [0.2, 0.25) is 0 Å². The summed E-state index contributed by atoms with van der Waals surface area (Å²) in [6.45, 7) is 8.42. The van der Waals surface area contributed by atoms with E-state index in [1.807, 2.05) is 48.5 Å². The van der Waals surface area contributed by atoms with Crippen molar-refractivity contribution in [3.63, 3.8) is 0 Å². The van der Waals surface area contributed by atoms with Crippen molar-refractivity contribution >= 4 is 23.6 Å². The van der Waals surface area contributed by atoms with E-state index in [4.69, 9.17) is 20.3 Å². The van der Waals surface area contributed by atoms with Gasteiger partial charge in [0, 0.05) is 0 Å². The van der Waals surface area contributed by atoms with Crippen molar-refractivity contribution in [2.75, 3.05) is 5.73 Å². The summed E-state index contributed by atoms with van der Waals surface area (Å²) >= 11 is 0. The van der Waals surface area contributed by atoms with Crippen molar-refractivity contribution in [1.82, 2.24) is 9.55 Å². The summed E-state index contributed by atoms with van der Waals surface area (Å²) in [5.74, 6) is -0.490. The highest BCUT2D eigenvalue weighted by molar-refractivity contribution is 6.15. The number of fused-ring (bicyclic) bond motifs is 3. The quantitative estimate of drug-likeness (QED) is 0.448. The Morgan fingerprint density at radius 2 is 1.56 bits per heavy atom. The van der Waals surface area contributed by atoms with Gasteiger partial charge in [-0.1, -0.05) is 76.2 Å². The van der Waals surface area contributed by atoms with Gasteiger partial charge in [-0.15, -0.1) is 0 Å². The van der Waals surface area contributed by atoms with Crippen molar-refractivity contribution in [2.45, 2.75) is 45.4 Å². The van der Waals surface area contributed by atoms with Crippen LogP contribution in [0, 0.1) is 0 Å². The van der Waals surface area contributed by atoms with Gasteiger partial charge in [0.25, 0.3) is 11.9 Å². The molecular formula is C28H28N4O4. The van der Waals surface area contributed by atoms with Crippen LogP contribution in [-0.2, 0) is 4.79 Å². The molecule has 0 saturated carbocycles. The Morgan fingerprint density at radius 1 is 0.972 bits per heavy atom. The number of nitrogens with two attached hydrogens (primary N) is 2. The molecule has 0 saturated heterocycles. The van der Waals surface area contributed by atoms with E-state index in [9.17, 15) is 9.59 Å². The number of hydrogen-bond acceptors (Lipinski definition) is 6. The Kier molecular flexibility index (Phi) is 5.67. The number of oxazole rings is 2. The summed E-state index contributed by atoms with van der Waals surface area (Å²) < 4.78 is 12.8. The number of aromatic nitrogens is 2. The zero-order valence-electron chi connectivity index (χ0n) is 20.6. The van der Waals surface area contributed by atoms with Crippen LogP contribution in [0.25, 0.3) is 17.5 Å². The van der Waals surface area contributed by atoms with Crippen LogP contribution in [0.3, 0.4) is 0 Å². The first-order valence-electron chi connectivity index (χ1n) is 11.9. The maximum absolute atomic E-state index is 13.1. The lowest BCUT2D eigenvalue weighted by atomic mass is 9.85. The molecule has 0 fully saturated rings. The number of nitrogens with zero attached hydrogens (tertiary/aromatic N) is 2. The average Bonchev–Trinajstić information content (AvgIpc) is 3.37. The average molecular weight is 485 g/mol. The maximum Gasteiger partial charge on any atom is 0.362 e. The summed E-state index contributed by atoms with van der Waals surface area (Å²) in [7, 11) is 0. The van der Waals surface area contributed by atoms with Crippen LogP contribution in [-0.4, -0.2) is 15.5 Å². The molecule has 1 atom stereocenters. The van der Waals surface area contributed by atoms with Gasteiger partial charge in [-0.3, -0.25) is 4.79 Å². The number of anilines is 1. The molecule has 4 N–H and O–H groups in total. The number of benzene rings is 2. The topological polar surface area (TPSA) is 130 Å². The van der Waals surface area contributed by atoms with E-state index in [0.717, 1.165) is 16.7 Å². The molecule has 8 heteroatoms. The number of hydrogen-bond donors (Lipinski definition) is 2. The zero-order chi connectivity index (χ0) is 25.7. The van der Waals surface area contributed by atoms with Gasteiger partial charge < -0.3 is 20.3 Å². The van der Waals surface area contributed by atoms with E-state index in [1.54, 1.807) is 6.08 Å². The third-order valence-electron chi connectivity index (χ3n) is 6.60. The minimum atomic E-state index is -0.726. The SMILES string of the molecule is CC(C)c1ccc(/C=c2\c(=O)oc3n2-c2oc(N)nc2[C@H](c2ccc(C(C)C)cc2)C=3C(N)=O)cc1. The summed E-state index contributed by atoms with van der Waals surface area (Å²) in [5.41, 5.74) is 15.6. The molecule has 2 aromatic carbocycles. The number of primary amides is 1. The molecule has 0 spiro atoms. The van der Waals surface area contributed by atoms with Crippen LogP contribution in [0.1, 0.15) is 73.4 Å². The molecule has 36 heavy (non-hydrogen) atoms. The monoisotopic (exact) mass is 484 g/mol. The maximum atomic E-state index is 13.1. The van der Waals surface area contributed by atoms with Crippen LogP contribution in [0.15, 0.2) is 62.2 Å². The number of nitrogen functional groups attached to an aromatic ring is 1. The first-order chi connectivity index (χ1) is 17.2. The molecule has 1 amide bonds. The minimum absolute atomic E-state index is 0.0131. The number of amides is 1. The highest BCUT2D eigenvalue weighted by Gasteiger charge is 2.38. The van der Waals surface area contributed by atoms with Gasteiger partial charge in [0.1, 0.15) is 11.0 Å². The van der Waals surface area contributed by atoms with E-state index in [0.29, 0.717) is 17.5 Å². The van der Waals surface area contributed by atoms with E-state index < -0.39 is 17.5 Å². The molecule has 3 heterocycles. The predicted octanol–water partition coefficient (Wildman–Crippen LogP) is 2.86. The van der Waals surface area contributed by atoms with E-state index in [1.165, 1.54) is 10.1 Å².